The fraction of sp³-hybridized carbons (Fsp3) is 0.250. The molecule has 0 atom stereocenters. The smallest absolute Gasteiger partial charge is 0.0516 e. The summed E-state index contributed by atoms with van der Waals surface area (Å²) in [6.07, 6.45) is 0. The van der Waals surface area contributed by atoms with E-state index in [0.29, 0.717) is 0 Å². The summed E-state index contributed by atoms with van der Waals surface area (Å²) in [7, 11) is 0.0913. The van der Waals surface area contributed by atoms with Crippen molar-refractivity contribution in [3.05, 3.63) is 30.3 Å². The molecule has 50 valence electrons. The van der Waals surface area contributed by atoms with Gasteiger partial charge in [0.1, 0.15) is 0 Å². The van der Waals surface area contributed by atoms with E-state index in [-0.39, 0.29) is 16.9 Å². The minimum absolute atomic E-state index is 0. The molecule has 1 aromatic rings. The Morgan fingerprint density at radius 2 is 1.67 bits per heavy atom. The molecule has 0 fully saturated rings. The summed E-state index contributed by atoms with van der Waals surface area (Å²) in [5, 5.41) is 1.55. The van der Waals surface area contributed by atoms with Gasteiger partial charge in [0, 0.05) is 0 Å². The van der Waals surface area contributed by atoms with E-state index in [2.05, 4.69) is 36.9 Å². The van der Waals surface area contributed by atoms with Gasteiger partial charge in [-0.2, -0.15) is 0 Å². The highest BCUT2D eigenvalue weighted by molar-refractivity contribution is 6.51. The lowest BCUT2D eigenvalue weighted by Crippen LogP contribution is -2.07. The lowest BCUT2D eigenvalue weighted by atomic mass is 10.4. The monoisotopic (exact) mass is 138 g/mol. The molecule has 0 aromatic heterocycles. The third-order valence-corrected chi connectivity index (χ3v) is 2.54. The van der Waals surface area contributed by atoms with Gasteiger partial charge in [0.25, 0.3) is 0 Å². The summed E-state index contributed by atoms with van der Waals surface area (Å²) in [5.74, 6) is 0. The van der Waals surface area contributed by atoms with Crippen LogP contribution in [-0.2, 0) is 0 Å². The molecule has 0 saturated heterocycles. The van der Waals surface area contributed by atoms with Gasteiger partial charge in [0.05, 0.1) is 9.52 Å². The molecule has 0 nitrogen and oxygen atoms in total. The van der Waals surface area contributed by atoms with Crippen LogP contribution in [0.5, 0.6) is 0 Å². The van der Waals surface area contributed by atoms with E-state index in [4.69, 9.17) is 0 Å². The Kier molecular flexibility index (Phi) is 4.06. The Labute approximate surface area is 59.7 Å². The summed E-state index contributed by atoms with van der Waals surface area (Å²) in [6.45, 7) is 2.30. The topological polar surface area (TPSA) is 0 Å². The van der Waals surface area contributed by atoms with Gasteiger partial charge in [-0.05, 0) is 0 Å². The van der Waals surface area contributed by atoms with Crippen LogP contribution in [0.2, 0.25) is 6.55 Å². The van der Waals surface area contributed by atoms with E-state index < -0.39 is 0 Å². The van der Waals surface area contributed by atoms with E-state index in [1.165, 1.54) is 0 Å². The van der Waals surface area contributed by atoms with E-state index >= 15 is 0 Å². The van der Waals surface area contributed by atoms with Crippen molar-refractivity contribution in [2.24, 2.45) is 0 Å². The Hall–Kier alpha value is -0.563. The molecule has 1 aromatic carbocycles. The normalized spacial score (nSPS) is 9.44. The zero-order valence-electron chi connectivity index (χ0n) is 5.09. The molecule has 1 rings (SSSR count). The average Bonchev–Trinajstić information content (AvgIpc) is 1.90. The maximum atomic E-state index is 2.30. The predicted molar refractivity (Wildman–Crippen MR) is 47.2 cm³/mol. The van der Waals surface area contributed by atoms with Gasteiger partial charge in [-0.25, -0.2) is 0 Å². The van der Waals surface area contributed by atoms with Gasteiger partial charge in [-0.3, -0.25) is 0 Å². The van der Waals surface area contributed by atoms with Crippen molar-refractivity contribution in [2.75, 3.05) is 0 Å². The molecular formula is C8H14Si. The van der Waals surface area contributed by atoms with Crippen LogP contribution in [0.15, 0.2) is 30.3 Å². The summed E-state index contributed by atoms with van der Waals surface area (Å²) in [4.78, 5) is 0. The second-order valence-electron chi connectivity index (χ2n) is 1.84. The highest BCUT2D eigenvalue weighted by atomic mass is 28.2. The van der Waals surface area contributed by atoms with Gasteiger partial charge in [0.2, 0.25) is 0 Å². The Bertz CT molecular complexity index is 146. The van der Waals surface area contributed by atoms with Gasteiger partial charge in [0.15, 0.2) is 0 Å². The van der Waals surface area contributed by atoms with Gasteiger partial charge < -0.3 is 0 Å². The SMILES string of the molecule is C.C[SiH2]c1ccccc1. The van der Waals surface area contributed by atoms with Crippen LogP contribution in [0.4, 0.5) is 0 Å². The molecule has 0 aliphatic rings. The third-order valence-electron chi connectivity index (χ3n) is 1.25. The highest BCUT2D eigenvalue weighted by Crippen LogP contribution is 1.79. The van der Waals surface area contributed by atoms with Crippen molar-refractivity contribution in [3.63, 3.8) is 0 Å². The van der Waals surface area contributed by atoms with Crippen LogP contribution < -0.4 is 5.19 Å². The summed E-state index contributed by atoms with van der Waals surface area (Å²) < 4.78 is 0. The summed E-state index contributed by atoms with van der Waals surface area (Å²) in [5.41, 5.74) is 0. The Balaban J connectivity index is 0.000000640. The number of rotatable bonds is 1. The molecule has 0 aliphatic heterocycles. The molecule has 0 aliphatic carbocycles. The van der Waals surface area contributed by atoms with Crippen molar-refractivity contribution in [3.8, 4) is 0 Å². The molecule has 0 N–H and O–H groups in total. The van der Waals surface area contributed by atoms with Crippen molar-refractivity contribution >= 4 is 14.7 Å². The van der Waals surface area contributed by atoms with Gasteiger partial charge in [-0.15, -0.1) is 0 Å². The maximum absolute atomic E-state index is 2.30. The average molecular weight is 138 g/mol. The lowest BCUT2D eigenvalue weighted by molar-refractivity contribution is 1.77. The highest BCUT2D eigenvalue weighted by Gasteiger charge is 1.80. The molecular weight excluding hydrogens is 124 g/mol. The first-order valence-electron chi connectivity index (χ1n) is 2.97. The third kappa shape index (κ3) is 2.47. The molecule has 0 radical (unpaired) electrons. The predicted octanol–water partition coefficient (Wildman–Crippen LogP) is 1.16. The number of hydrogen-bond acceptors (Lipinski definition) is 0. The number of hydrogen-bond donors (Lipinski definition) is 0. The van der Waals surface area contributed by atoms with Crippen molar-refractivity contribution in [2.45, 2.75) is 14.0 Å². The molecule has 0 spiro atoms. The van der Waals surface area contributed by atoms with Gasteiger partial charge in [-0.1, -0.05) is 49.5 Å². The van der Waals surface area contributed by atoms with Crippen LogP contribution in [0.3, 0.4) is 0 Å². The van der Waals surface area contributed by atoms with Crippen LogP contribution in [0.1, 0.15) is 7.43 Å². The standard InChI is InChI=1S/C7H10Si.CH4/c1-8-7-5-3-2-4-6-7;/h2-6H,8H2,1H3;1H4. The fourth-order valence-corrected chi connectivity index (χ4v) is 1.46. The van der Waals surface area contributed by atoms with Crippen molar-refractivity contribution < 1.29 is 0 Å². The second kappa shape index (κ2) is 4.33. The molecule has 0 heterocycles. The van der Waals surface area contributed by atoms with E-state index in [1.54, 1.807) is 5.19 Å². The van der Waals surface area contributed by atoms with Crippen molar-refractivity contribution in [1.82, 2.24) is 0 Å². The van der Waals surface area contributed by atoms with Crippen molar-refractivity contribution in [1.29, 1.82) is 0 Å². The molecule has 9 heavy (non-hydrogen) atoms. The molecule has 0 unspecified atom stereocenters. The summed E-state index contributed by atoms with van der Waals surface area (Å²) >= 11 is 0. The zero-order chi connectivity index (χ0) is 5.82. The van der Waals surface area contributed by atoms with Crippen LogP contribution in [-0.4, -0.2) is 9.52 Å². The fourth-order valence-electron chi connectivity index (χ4n) is 0.714. The first kappa shape index (κ1) is 8.44. The van der Waals surface area contributed by atoms with Crippen LogP contribution >= 0.6 is 0 Å². The molecule has 0 bridgehead atoms. The quantitative estimate of drug-likeness (QED) is 0.511. The Morgan fingerprint density at radius 3 is 2.00 bits per heavy atom. The molecule has 0 saturated carbocycles. The first-order chi connectivity index (χ1) is 3.93. The summed E-state index contributed by atoms with van der Waals surface area (Å²) in [6, 6.07) is 10.7. The van der Waals surface area contributed by atoms with E-state index in [9.17, 15) is 0 Å². The largest absolute Gasteiger partial charge is 0.0776 e. The zero-order valence-corrected chi connectivity index (χ0v) is 6.51. The second-order valence-corrected chi connectivity index (χ2v) is 3.36. The van der Waals surface area contributed by atoms with E-state index in [0.717, 1.165) is 0 Å². The molecule has 0 amide bonds. The lowest BCUT2D eigenvalue weighted by Gasteiger charge is -1.89. The first-order valence-corrected chi connectivity index (χ1v) is 5.09. The minimum Gasteiger partial charge on any atom is -0.0776 e. The Morgan fingerprint density at radius 1 is 1.11 bits per heavy atom. The van der Waals surface area contributed by atoms with Crippen LogP contribution in [0, 0.1) is 0 Å². The van der Waals surface area contributed by atoms with Crippen LogP contribution in [0.25, 0.3) is 0 Å². The molecule has 1 heteroatoms. The number of benzene rings is 1. The minimum atomic E-state index is 0. The van der Waals surface area contributed by atoms with E-state index in [1.807, 2.05) is 0 Å². The van der Waals surface area contributed by atoms with Gasteiger partial charge >= 0.3 is 0 Å². The maximum Gasteiger partial charge on any atom is 0.0516 e.